The minimum Gasteiger partial charge on any atom is -0.457 e. The standard InChI is InChI=1S/C24H32N4O3/c1-18(2)22(23(29)25-14-17-28-15-6-7-16-28)27-24(30)26-19-10-12-21(13-11-19)31-20-8-4-3-5-9-20/h3-5,8-13,18,22H,6-7,14-17H2,1-2H3,(H,25,29)(H2,26,27,30)/t22-/m0/s1. The van der Waals surface area contributed by atoms with E-state index in [2.05, 4.69) is 20.9 Å². The third kappa shape index (κ3) is 7.29. The Hall–Kier alpha value is -3.06. The Bertz CT molecular complexity index is 834. The van der Waals surface area contributed by atoms with E-state index in [1.54, 1.807) is 24.3 Å². The van der Waals surface area contributed by atoms with Crippen LogP contribution in [-0.4, -0.2) is 49.1 Å². The molecule has 2 aromatic rings. The van der Waals surface area contributed by atoms with E-state index in [-0.39, 0.29) is 11.8 Å². The molecule has 166 valence electrons. The van der Waals surface area contributed by atoms with Crippen LogP contribution in [0.15, 0.2) is 54.6 Å². The van der Waals surface area contributed by atoms with Crippen LogP contribution in [0.1, 0.15) is 26.7 Å². The Morgan fingerprint density at radius 1 is 0.968 bits per heavy atom. The molecule has 1 atom stereocenters. The first-order chi connectivity index (χ1) is 15.0. The fourth-order valence-corrected chi connectivity index (χ4v) is 3.53. The molecule has 1 aliphatic heterocycles. The molecule has 1 fully saturated rings. The first-order valence-corrected chi connectivity index (χ1v) is 10.9. The summed E-state index contributed by atoms with van der Waals surface area (Å²) in [5.41, 5.74) is 0.620. The molecule has 7 heteroatoms. The van der Waals surface area contributed by atoms with Crippen molar-refractivity contribution in [1.29, 1.82) is 0 Å². The highest BCUT2D eigenvalue weighted by Crippen LogP contribution is 2.22. The normalized spacial score (nSPS) is 14.8. The lowest BCUT2D eigenvalue weighted by Gasteiger charge is -2.23. The van der Waals surface area contributed by atoms with E-state index < -0.39 is 12.1 Å². The van der Waals surface area contributed by atoms with E-state index in [9.17, 15) is 9.59 Å². The van der Waals surface area contributed by atoms with Gasteiger partial charge in [-0.1, -0.05) is 32.0 Å². The van der Waals surface area contributed by atoms with Crippen LogP contribution in [0, 0.1) is 5.92 Å². The quantitative estimate of drug-likeness (QED) is 0.571. The Morgan fingerprint density at radius 2 is 1.61 bits per heavy atom. The molecule has 31 heavy (non-hydrogen) atoms. The number of benzene rings is 2. The van der Waals surface area contributed by atoms with Crippen LogP contribution >= 0.6 is 0 Å². The zero-order valence-electron chi connectivity index (χ0n) is 18.3. The van der Waals surface area contributed by atoms with E-state index in [0.717, 1.165) is 25.4 Å². The molecule has 7 nitrogen and oxygen atoms in total. The second-order valence-corrected chi connectivity index (χ2v) is 8.10. The summed E-state index contributed by atoms with van der Waals surface area (Å²) in [6.45, 7) is 7.47. The van der Waals surface area contributed by atoms with E-state index in [1.807, 2.05) is 44.2 Å². The third-order valence-corrected chi connectivity index (χ3v) is 5.25. The molecule has 0 aliphatic carbocycles. The highest BCUT2D eigenvalue weighted by Gasteiger charge is 2.24. The number of carbonyl (C=O) groups is 2. The maximum absolute atomic E-state index is 12.6. The number of para-hydroxylation sites is 1. The number of urea groups is 1. The number of hydrogen-bond acceptors (Lipinski definition) is 4. The zero-order chi connectivity index (χ0) is 22.1. The lowest BCUT2D eigenvalue weighted by atomic mass is 10.0. The average molecular weight is 425 g/mol. The van der Waals surface area contributed by atoms with Crippen molar-refractivity contribution in [2.75, 3.05) is 31.5 Å². The number of nitrogens with zero attached hydrogens (tertiary/aromatic N) is 1. The monoisotopic (exact) mass is 424 g/mol. The maximum Gasteiger partial charge on any atom is 0.319 e. The molecular formula is C24H32N4O3. The van der Waals surface area contributed by atoms with Gasteiger partial charge in [0.1, 0.15) is 17.5 Å². The zero-order valence-corrected chi connectivity index (χ0v) is 18.3. The molecule has 1 saturated heterocycles. The molecule has 0 bridgehead atoms. The first-order valence-electron chi connectivity index (χ1n) is 10.9. The molecule has 0 spiro atoms. The average Bonchev–Trinajstić information content (AvgIpc) is 3.27. The Balaban J connectivity index is 1.47. The van der Waals surface area contributed by atoms with Gasteiger partial charge >= 0.3 is 6.03 Å². The van der Waals surface area contributed by atoms with Crippen LogP contribution in [-0.2, 0) is 4.79 Å². The minimum atomic E-state index is -0.598. The molecule has 2 aromatic carbocycles. The maximum atomic E-state index is 12.6. The van der Waals surface area contributed by atoms with Crippen molar-refractivity contribution in [3.8, 4) is 11.5 Å². The smallest absolute Gasteiger partial charge is 0.319 e. The number of amides is 3. The second kappa shape index (κ2) is 11.4. The molecule has 3 amide bonds. The van der Waals surface area contributed by atoms with E-state index >= 15 is 0 Å². The van der Waals surface area contributed by atoms with Gasteiger partial charge in [0.05, 0.1) is 0 Å². The molecule has 0 aromatic heterocycles. The van der Waals surface area contributed by atoms with Crippen LogP contribution in [0.25, 0.3) is 0 Å². The van der Waals surface area contributed by atoms with Gasteiger partial charge in [0.25, 0.3) is 0 Å². The van der Waals surface area contributed by atoms with Gasteiger partial charge in [-0.05, 0) is 68.2 Å². The predicted molar refractivity (Wildman–Crippen MR) is 122 cm³/mol. The van der Waals surface area contributed by atoms with Crippen LogP contribution < -0.4 is 20.7 Å². The van der Waals surface area contributed by atoms with Crippen molar-refractivity contribution in [2.24, 2.45) is 5.92 Å². The van der Waals surface area contributed by atoms with Crippen LogP contribution in [0.5, 0.6) is 11.5 Å². The molecule has 0 unspecified atom stereocenters. The van der Waals surface area contributed by atoms with Crippen molar-refractivity contribution in [3.05, 3.63) is 54.6 Å². The summed E-state index contributed by atoms with van der Waals surface area (Å²) in [4.78, 5) is 27.4. The molecule has 0 saturated carbocycles. The second-order valence-electron chi connectivity index (χ2n) is 8.10. The molecular weight excluding hydrogens is 392 g/mol. The molecule has 3 N–H and O–H groups in total. The summed E-state index contributed by atoms with van der Waals surface area (Å²) in [5.74, 6) is 1.24. The van der Waals surface area contributed by atoms with Gasteiger partial charge in [-0.3, -0.25) is 4.79 Å². The summed E-state index contributed by atoms with van der Waals surface area (Å²) in [6, 6.07) is 15.6. The molecule has 3 rings (SSSR count). The highest BCUT2D eigenvalue weighted by atomic mass is 16.5. The lowest BCUT2D eigenvalue weighted by molar-refractivity contribution is -0.123. The largest absolute Gasteiger partial charge is 0.457 e. The Labute approximate surface area is 184 Å². The van der Waals surface area contributed by atoms with Gasteiger partial charge in [-0.2, -0.15) is 0 Å². The van der Waals surface area contributed by atoms with Crippen molar-refractivity contribution in [2.45, 2.75) is 32.7 Å². The number of hydrogen-bond donors (Lipinski definition) is 3. The van der Waals surface area contributed by atoms with Crippen molar-refractivity contribution < 1.29 is 14.3 Å². The SMILES string of the molecule is CC(C)[C@H](NC(=O)Nc1ccc(Oc2ccccc2)cc1)C(=O)NCCN1CCCC1. The topological polar surface area (TPSA) is 82.7 Å². The molecule has 1 aliphatic rings. The van der Waals surface area contributed by atoms with Crippen molar-refractivity contribution in [1.82, 2.24) is 15.5 Å². The summed E-state index contributed by atoms with van der Waals surface area (Å²) in [6.07, 6.45) is 2.45. The van der Waals surface area contributed by atoms with Crippen molar-refractivity contribution >= 4 is 17.6 Å². The van der Waals surface area contributed by atoms with E-state index in [0.29, 0.717) is 18.0 Å². The van der Waals surface area contributed by atoms with E-state index in [1.165, 1.54) is 12.8 Å². The van der Waals surface area contributed by atoms with Gasteiger partial charge in [0.2, 0.25) is 5.91 Å². The van der Waals surface area contributed by atoms with Gasteiger partial charge in [0.15, 0.2) is 0 Å². The third-order valence-electron chi connectivity index (χ3n) is 5.25. The van der Waals surface area contributed by atoms with Crippen LogP contribution in [0.3, 0.4) is 0 Å². The Morgan fingerprint density at radius 3 is 2.26 bits per heavy atom. The Kier molecular flexibility index (Phi) is 8.29. The summed E-state index contributed by atoms with van der Waals surface area (Å²) < 4.78 is 5.76. The van der Waals surface area contributed by atoms with Gasteiger partial charge < -0.3 is 25.6 Å². The van der Waals surface area contributed by atoms with Gasteiger partial charge in [-0.15, -0.1) is 0 Å². The van der Waals surface area contributed by atoms with Crippen LogP contribution in [0.4, 0.5) is 10.5 Å². The fraction of sp³-hybridized carbons (Fsp3) is 0.417. The van der Waals surface area contributed by atoms with Crippen LogP contribution in [0.2, 0.25) is 0 Å². The molecule has 1 heterocycles. The van der Waals surface area contributed by atoms with E-state index in [4.69, 9.17) is 4.74 Å². The minimum absolute atomic E-state index is 0.0285. The summed E-state index contributed by atoms with van der Waals surface area (Å²) >= 11 is 0. The highest BCUT2D eigenvalue weighted by molar-refractivity contribution is 5.93. The van der Waals surface area contributed by atoms with Gasteiger partial charge in [-0.25, -0.2) is 4.79 Å². The first kappa shape index (κ1) is 22.6. The fourth-order valence-electron chi connectivity index (χ4n) is 3.53. The number of ether oxygens (including phenoxy) is 1. The lowest BCUT2D eigenvalue weighted by Crippen LogP contribution is -2.51. The predicted octanol–water partition coefficient (Wildman–Crippen LogP) is 3.84. The van der Waals surface area contributed by atoms with Gasteiger partial charge in [0, 0.05) is 18.8 Å². The summed E-state index contributed by atoms with van der Waals surface area (Å²) in [5, 5.41) is 8.52. The number of rotatable bonds is 9. The number of carbonyl (C=O) groups excluding carboxylic acids is 2. The number of likely N-dealkylation sites (tertiary alicyclic amines) is 1. The number of anilines is 1. The summed E-state index contributed by atoms with van der Waals surface area (Å²) in [7, 11) is 0. The number of nitrogens with one attached hydrogen (secondary N) is 3. The molecule has 0 radical (unpaired) electrons. The van der Waals surface area contributed by atoms with Crippen molar-refractivity contribution in [3.63, 3.8) is 0 Å².